The number of aryl methyl sites for hydroxylation is 1. The van der Waals surface area contributed by atoms with Gasteiger partial charge in [0.2, 0.25) is 0 Å². The van der Waals surface area contributed by atoms with Crippen LogP contribution in [0.2, 0.25) is 0 Å². The fourth-order valence-electron chi connectivity index (χ4n) is 3.37. The van der Waals surface area contributed by atoms with Crippen LogP contribution in [0.1, 0.15) is 46.7 Å². The average molecular weight is 394 g/mol. The molecule has 0 bridgehead atoms. The highest BCUT2D eigenvalue weighted by Crippen LogP contribution is 2.34. The highest BCUT2D eigenvalue weighted by Gasteiger charge is 2.27. The number of nitrogens with zero attached hydrogens (tertiary/aromatic N) is 1. The molecule has 2 N–H and O–H groups in total. The fraction of sp³-hybridized carbons (Fsp3) is 0.400. The summed E-state index contributed by atoms with van der Waals surface area (Å²) in [6.45, 7) is 0.205. The Morgan fingerprint density at radius 2 is 2.11 bits per heavy atom. The molecule has 1 aromatic carbocycles. The second-order valence-corrected chi connectivity index (χ2v) is 6.78. The van der Waals surface area contributed by atoms with Crippen LogP contribution in [-0.4, -0.2) is 35.4 Å². The van der Waals surface area contributed by atoms with E-state index in [1.54, 1.807) is 6.07 Å². The summed E-state index contributed by atoms with van der Waals surface area (Å²) >= 11 is 0. The Bertz CT molecular complexity index is 840. The van der Waals surface area contributed by atoms with Crippen molar-refractivity contribution in [3.05, 3.63) is 53.2 Å². The number of halogens is 3. The largest absolute Gasteiger partial charge is 0.493 e. The molecule has 3 rings (SSSR count). The molecule has 0 radical (unpaired) electrons. The summed E-state index contributed by atoms with van der Waals surface area (Å²) in [5, 5.41) is 12.2. The standard InChI is InChI=1S/C20H21F3N2O3/c21-20(22,23)7-9-28-16-4-5-17-13(10-16)2-1-3-15(17)12-25-18-11-14(19(26)27)6-8-24-18/h4-6,8,10-11,15H,1-3,7,9,12H2,(H,24,25)(H,26,27). The molecule has 5 nitrogen and oxygen atoms in total. The third-order valence-electron chi connectivity index (χ3n) is 4.74. The molecule has 1 unspecified atom stereocenters. The van der Waals surface area contributed by atoms with Gasteiger partial charge in [-0.25, -0.2) is 9.78 Å². The number of fused-ring (bicyclic) bond motifs is 1. The van der Waals surface area contributed by atoms with Gasteiger partial charge in [0, 0.05) is 18.7 Å². The number of alkyl halides is 3. The second-order valence-electron chi connectivity index (χ2n) is 6.78. The molecule has 0 fully saturated rings. The number of benzene rings is 1. The normalized spacial score (nSPS) is 16.3. The van der Waals surface area contributed by atoms with E-state index in [4.69, 9.17) is 9.84 Å². The summed E-state index contributed by atoms with van der Waals surface area (Å²) in [5.74, 6) is 0.154. The quantitative estimate of drug-likeness (QED) is 0.716. The van der Waals surface area contributed by atoms with Crippen LogP contribution < -0.4 is 10.1 Å². The molecule has 1 aromatic heterocycles. The number of aromatic carboxylic acids is 1. The number of nitrogens with one attached hydrogen (secondary N) is 1. The Morgan fingerprint density at radius 1 is 1.29 bits per heavy atom. The van der Waals surface area contributed by atoms with E-state index in [2.05, 4.69) is 10.3 Å². The Hall–Kier alpha value is -2.77. The van der Waals surface area contributed by atoms with Crippen LogP contribution in [0, 0.1) is 0 Å². The van der Waals surface area contributed by atoms with Crippen molar-refractivity contribution < 1.29 is 27.8 Å². The summed E-state index contributed by atoms with van der Waals surface area (Å²) in [6.07, 6.45) is -0.961. The van der Waals surface area contributed by atoms with Gasteiger partial charge in [0.1, 0.15) is 11.6 Å². The topological polar surface area (TPSA) is 71.5 Å². The van der Waals surface area contributed by atoms with Crippen LogP contribution in [0.15, 0.2) is 36.5 Å². The number of rotatable bonds is 7. The molecule has 0 saturated heterocycles. The van der Waals surface area contributed by atoms with Crippen molar-refractivity contribution in [3.8, 4) is 5.75 Å². The van der Waals surface area contributed by atoms with Crippen molar-refractivity contribution in [2.45, 2.75) is 37.8 Å². The molecular weight excluding hydrogens is 373 g/mol. The van der Waals surface area contributed by atoms with E-state index in [0.717, 1.165) is 30.4 Å². The first-order valence-electron chi connectivity index (χ1n) is 9.07. The van der Waals surface area contributed by atoms with Crippen LogP contribution >= 0.6 is 0 Å². The smallest absolute Gasteiger partial charge is 0.392 e. The molecule has 0 amide bonds. The van der Waals surface area contributed by atoms with Gasteiger partial charge in [0.05, 0.1) is 18.6 Å². The number of aromatic nitrogens is 1. The maximum absolute atomic E-state index is 12.3. The SMILES string of the molecule is O=C(O)c1ccnc(NCC2CCCc3cc(OCCC(F)(F)F)ccc32)c1. The minimum atomic E-state index is -4.23. The minimum absolute atomic E-state index is 0.169. The van der Waals surface area contributed by atoms with Crippen molar-refractivity contribution >= 4 is 11.8 Å². The third-order valence-corrected chi connectivity index (χ3v) is 4.74. The van der Waals surface area contributed by atoms with Gasteiger partial charge in [-0.15, -0.1) is 0 Å². The van der Waals surface area contributed by atoms with Crippen LogP contribution in [-0.2, 0) is 6.42 Å². The van der Waals surface area contributed by atoms with Crippen LogP contribution in [0.25, 0.3) is 0 Å². The Kier molecular flexibility index (Phi) is 6.06. The first-order valence-corrected chi connectivity index (χ1v) is 9.07. The third kappa shape index (κ3) is 5.37. The summed E-state index contributed by atoms with van der Waals surface area (Å²) in [6, 6.07) is 8.36. The van der Waals surface area contributed by atoms with Crippen LogP contribution in [0.4, 0.5) is 19.0 Å². The number of carboxylic acid groups (broad SMARTS) is 1. The summed E-state index contributed by atoms with van der Waals surface area (Å²) in [5.41, 5.74) is 2.38. The zero-order chi connectivity index (χ0) is 20.1. The number of pyridine rings is 1. The van der Waals surface area contributed by atoms with Gasteiger partial charge in [-0.1, -0.05) is 6.07 Å². The predicted octanol–water partition coefficient (Wildman–Crippen LogP) is 4.64. The van der Waals surface area contributed by atoms with E-state index in [9.17, 15) is 18.0 Å². The molecule has 0 spiro atoms. The highest BCUT2D eigenvalue weighted by molar-refractivity contribution is 5.88. The van der Waals surface area contributed by atoms with Crippen molar-refractivity contribution in [1.82, 2.24) is 4.98 Å². The summed E-state index contributed by atoms with van der Waals surface area (Å²) < 4.78 is 42.0. The number of hydrogen-bond donors (Lipinski definition) is 2. The van der Waals surface area contributed by atoms with Gasteiger partial charge < -0.3 is 15.2 Å². The molecule has 28 heavy (non-hydrogen) atoms. The average Bonchev–Trinajstić information content (AvgIpc) is 2.65. The zero-order valence-corrected chi connectivity index (χ0v) is 15.1. The molecular formula is C20H21F3N2O3. The van der Waals surface area contributed by atoms with E-state index >= 15 is 0 Å². The van der Waals surface area contributed by atoms with Crippen molar-refractivity contribution in [3.63, 3.8) is 0 Å². The number of anilines is 1. The molecule has 1 atom stereocenters. The monoisotopic (exact) mass is 394 g/mol. The van der Waals surface area contributed by atoms with Crippen LogP contribution in [0.5, 0.6) is 5.75 Å². The van der Waals surface area contributed by atoms with Crippen molar-refractivity contribution in [2.24, 2.45) is 0 Å². The number of ether oxygens (including phenoxy) is 1. The molecule has 0 saturated carbocycles. The lowest BCUT2D eigenvalue weighted by molar-refractivity contribution is -0.139. The first-order chi connectivity index (χ1) is 13.3. The first kappa shape index (κ1) is 20.0. The van der Waals surface area contributed by atoms with Gasteiger partial charge in [-0.3, -0.25) is 0 Å². The van der Waals surface area contributed by atoms with Gasteiger partial charge >= 0.3 is 12.1 Å². The molecule has 0 aliphatic heterocycles. The zero-order valence-electron chi connectivity index (χ0n) is 15.1. The highest BCUT2D eigenvalue weighted by atomic mass is 19.4. The summed E-state index contributed by atoms with van der Waals surface area (Å²) in [4.78, 5) is 15.2. The van der Waals surface area contributed by atoms with Crippen LogP contribution in [0.3, 0.4) is 0 Å². The number of hydrogen-bond acceptors (Lipinski definition) is 4. The maximum atomic E-state index is 12.3. The molecule has 1 aliphatic rings. The van der Waals surface area contributed by atoms with Gasteiger partial charge in [0.25, 0.3) is 0 Å². The molecule has 1 aliphatic carbocycles. The molecule has 8 heteroatoms. The Balaban J connectivity index is 1.63. The fourth-order valence-corrected chi connectivity index (χ4v) is 3.37. The lowest BCUT2D eigenvalue weighted by Crippen LogP contribution is -2.19. The van der Waals surface area contributed by atoms with Gasteiger partial charge in [-0.2, -0.15) is 13.2 Å². The molecule has 2 aromatic rings. The van der Waals surface area contributed by atoms with Crippen molar-refractivity contribution in [1.29, 1.82) is 0 Å². The second kappa shape index (κ2) is 8.50. The van der Waals surface area contributed by atoms with E-state index in [1.807, 2.05) is 12.1 Å². The Morgan fingerprint density at radius 3 is 2.86 bits per heavy atom. The maximum Gasteiger partial charge on any atom is 0.392 e. The van der Waals surface area contributed by atoms with Gasteiger partial charge in [0.15, 0.2) is 0 Å². The minimum Gasteiger partial charge on any atom is -0.493 e. The van der Waals surface area contributed by atoms with Crippen molar-refractivity contribution in [2.75, 3.05) is 18.5 Å². The lowest BCUT2D eigenvalue weighted by atomic mass is 9.82. The van der Waals surface area contributed by atoms with Gasteiger partial charge in [-0.05, 0) is 54.7 Å². The predicted molar refractivity (Wildman–Crippen MR) is 98.0 cm³/mol. The molecule has 1 heterocycles. The van der Waals surface area contributed by atoms with E-state index in [0.29, 0.717) is 18.1 Å². The van der Waals surface area contributed by atoms with E-state index in [-0.39, 0.29) is 11.5 Å². The lowest BCUT2D eigenvalue weighted by Gasteiger charge is -2.26. The Labute approximate surface area is 160 Å². The number of carboxylic acids is 1. The molecule has 150 valence electrons. The van der Waals surface area contributed by atoms with E-state index < -0.39 is 25.2 Å². The summed E-state index contributed by atoms with van der Waals surface area (Å²) in [7, 11) is 0. The number of carbonyl (C=O) groups is 1. The van der Waals surface area contributed by atoms with E-state index in [1.165, 1.54) is 18.3 Å².